The minimum absolute atomic E-state index is 0.00628. The summed E-state index contributed by atoms with van der Waals surface area (Å²) in [6.07, 6.45) is 0. The maximum Gasteiger partial charge on any atom is 0.258 e. The average Bonchev–Trinajstić information content (AvgIpc) is 2.28. The van der Waals surface area contributed by atoms with Crippen LogP contribution < -0.4 is 10.1 Å². The van der Waals surface area contributed by atoms with Gasteiger partial charge >= 0.3 is 0 Å². The van der Waals surface area contributed by atoms with Crippen molar-refractivity contribution < 1.29 is 14.3 Å². The third kappa shape index (κ3) is 4.63. The van der Waals surface area contributed by atoms with Crippen LogP contribution in [0.5, 0.6) is 5.75 Å². The van der Waals surface area contributed by atoms with Crippen molar-refractivity contribution in [3.8, 4) is 5.75 Å². The normalized spacial score (nSPS) is 9.88. The smallest absolute Gasteiger partial charge is 0.258 e. The molecule has 0 aliphatic carbocycles. The molecule has 0 bridgehead atoms. The average molecular weight is 288 g/mol. The van der Waals surface area contributed by atoms with E-state index in [0.717, 1.165) is 4.47 Å². The van der Waals surface area contributed by atoms with Gasteiger partial charge in [0.25, 0.3) is 5.91 Å². The Labute approximate surface area is 103 Å². The molecule has 1 amide bonds. The number of halogens is 1. The number of benzene rings is 1. The van der Waals surface area contributed by atoms with Crippen LogP contribution in [0.2, 0.25) is 0 Å². The van der Waals surface area contributed by atoms with E-state index in [4.69, 9.17) is 9.47 Å². The largest absolute Gasteiger partial charge is 0.483 e. The maximum absolute atomic E-state index is 11.3. The minimum atomic E-state index is -0.159. The number of hydrogen-bond acceptors (Lipinski definition) is 3. The molecule has 1 aromatic carbocycles. The van der Waals surface area contributed by atoms with E-state index in [-0.39, 0.29) is 12.5 Å². The lowest BCUT2D eigenvalue weighted by molar-refractivity contribution is -0.123. The van der Waals surface area contributed by atoms with E-state index in [0.29, 0.717) is 18.9 Å². The van der Waals surface area contributed by atoms with E-state index in [1.165, 1.54) is 0 Å². The van der Waals surface area contributed by atoms with Crippen molar-refractivity contribution in [1.82, 2.24) is 5.32 Å². The summed E-state index contributed by atoms with van der Waals surface area (Å²) in [5.74, 6) is 0.497. The van der Waals surface area contributed by atoms with E-state index in [1.807, 2.05) is 18.2 Å². The van der Waals surface area contributed by atoms with E-state index in [1.54, 1.807) is 13.2 Å². The third-order valence-electron chi connectivity index (χ3n) is 1.82. The SMILES string of the molecule is COCCNC(=O)COc1ccccc1Br. The summed E-state index contributed by atoms with van der Waals surface area (Å²) in [4.78, 5) is 11.3. The summed E-state index contributed by atoms with van der Waals surface area (Å²) in [6.45, 7) is 1.00. The van der Waals surface area contributed by atoms with Gasteiger partial charge in [0.2, 0.25) is 0 Å². The van der Waals surface area contributed by atoms with Gasteiger partial charge in [-0.1, -0.05) is 12.1 Å². The zero-order chi connectivity index (χ0) is 11.8. The number of carbonyl (C=O) groups excluding carboxylic acids is 1. The molecular formula is C11H14BrNO3. The molecule has 0 radical (unpaired) electrons. The Hall–Kier alpha value is -1.07. The summed E-state index contributed by atoms with van der Waals surface area (Å²) < 4.78 is 11.0. The highest BCUT2D eigenvalue weighted by molar-refractivity contribution is 9.10. The Morgan fingerprint density at radius 2 is 2.19 bits per heavy atom. The van der Waals surface area contributed by atoms with Crippen molar-refractivity contribution in [2.45, 2.75) is 0 Å². The molecule has 1 aromatic rings. The molecule has 0 heterocycles. The van der Waals surface area contributed by atoms with Crippen LogP contribution in [0.1, 0.15) is 0 Å². The molecule has 16 heavy (non-hydrogen) atoms. The van der Waals surface area contributed by atoms with Gasteiger partial charge in [-0.25, -0.2) is 0 Å². The Morgan fingerprint density at radius 3 is 2.88 bits per heavy atom. The fraction of sp³-hybridized carbons (Fsp3) is 0.364. The zero-order valence-corrected chi connectivity index (χ0v) is 10.6. The first-order valence-electron chi connectivity index (χ1n) is 4.87. The molecule has 0 saturated carbocycles. The maximum atomic E-state index is 11.3. The fourth-order valence-electron chi connectivity index (χ4n) is 1.05. The molecule has 0 fully saturated rings. The molecule has 0 unspecified atom stereocenters. The van der Waals surface area contributed by atoms with E-state index in [9.17, 15) is 4.79 Å². The predicted octanol–water partition coefficient (Wildman–Crippen LogP) is 1.59. The van der Waals surface area contributed by atoms with Crippen LogP contribution in [0.15, 0.2) is 28.7 Å². The number of carbonyl (C=O) groups is 1. The standard InChI is InChI=1S/C11H14BrNO3/c1-15-7-6-13-11(14)8-16-10-5-3-2-4-9(10)12/h2-5H,6-8H2,1H3,(H,13,14). The van der Waals surface area contributed by atoms with E-state index in [2.05, 4.69) is 21.2 Å². The van der Waals surface area contributed by atoms with Crippen molar-refractivity contribution in [2.75, 3.05) is 26.9 Å². The number of methoxy groups -OCH3 is 1. The lowest BCUT2D eigenvalue weighted by Gasteiger charge is -2.08. The van der Waals surface area contributed by atoms with Gasteiger partial charge in [-0.15, -0.1) is 0 Å². The number of rotatable bonds is 6. The zero-order valence-electron chi connectivity index (χ0n) is 9.03. The summed E-state index contributed by atoms with van der Waals surface area (Å²) in [7, 11) is 1.59. The quantitative estimate of drug-likeness (QED) is 0.809. The predicted molar refractivity (Wildman–Crippen MR) is 64.5 cm³/mol. The highest BCUT2D eigenvalue weighted by atomic mass is 79.9. The first kappa shape index (κ1) is 13.0. The Kier molecular flexibility index (Phi) is 5.88. The van der Waals surface area contributed by atoms with Gasteiger partial charge in [-0.05, 0) is 28.1 Å². The van der Waals surface area contributed by atoms with Gasteiger partial charge in [-0.2, -0.15) is 0 Å². The van der Waals surface area contributed by atoms with E-state index >= 15 is 0 Å². The van der Waals surface area contributed by atoms with Gasteiger partial charge in [0.1, 0.15) is 5.75 Å². The van der Waals surface area contributed by atoms with Crippen LogP contribution >= 0.6 is 15.9 Å². The number of amides is 1. The minimum Gasteiger partial charge on any atom is -0.483 e. The summed E-state index contributed by atoms with van der Waals surface area (Å²) in [5.41, 5.74) is 0. The van der Waals surface area contributed by atoms with Gasteiger partial charge in [-0.3, -0.25) is 4.79 Å². The molecule has 88 valence electrons. The lowest BCUT2D eigenvalue weighted by Crippen LogP contribution is -2.31. The van der Waals surface area contributed by atoms with Gasteiger partial charge in [0.15, 0.2) is 6.61 Å². The van der Waals surface area contributed by atoms with Gasteiger partial charge in [0.05, 0.1) is 11.1 Å². The molecule has 1 N–H and O–H groups in total. The Morgan fingerprint density at radius 1 is 1.44 bits per heavy atom. The monoisotopic (exact) mass is 287 g/mol. The second-order valence-electron chi connectivity index (χ2n) is 3.06. The lowest BCUT2D eigenvalue weighted by atomic mass is 10.3. The third-order valence-corrected chi connectivity index (χ3v) is 2.48. The van der Waals surface area contributed by atoms with Crippen LogP contribution in [0.25, 0.3) is 0 Å². The van der Waals surface area contributed by atoms with Crippen molar-refractivity contribution >= 4 is 21.8 Å². The fourth-order valence-corrected chi connectivity index (χ4v) is 1.45. The van der Waals surface area contributed by atoms with Crippen molar-refractivity contribution in [1.29, 1.82) is 0 Å². The molecule has 0 saturated heterocycles. The van der Waals surface area contributed by atoms with Gasteiger partial charge < -0.3 is 14.8 Å². The highest BCUT2D eigenvalue weighted by Crippen LogP contribution is 2.23. The molecular weight excluding hydrogens is 274 g/mol. The Bertz CT molecular complexity index is 344. The van der Waals surface area contributed by atoms with Crippen LogP contribution in [-0.4, -0.2) is 32.8 Å². The molecule has 0 aromatic heterocycles. The number of ether oxygens (including phenoxy) is 2. The van der Waals surface area contributed by atoms with Crippen molar-refractivity contribution in [3.63, 3.8) is 0 Å². The first-order valence-corrected chi connectivity index (χ1v) is 5.66. The van der Waals surface area contributed by atoms with E-state index < -0.39 is 0 Å². The van der Waals surface area contributed by atoms with Crippen LogP contribution in [0.4, 0.5) is 0 Å². The number of para-hydroxylation sites is 1. The molecule has 0 aliphatic rings. The van der Waals surface area contributed by atoms with Crippen molar-refractivity contribution in [3.05, 3.63) is 28.7 Å². The summed E-state index contributed by atoms with van der Waals surface area (Å²) in [5, 5.41) is 2.67. The molecule has 4 nitrogen and oxygen atoms in total. The summed E-state index contributed by atoms with van der Waals surface area (Å²) in [6, 6.07) is 7.39. The van der Waals surface area contributed by atoms with Crippen LogP contribution in [-0.2, 0) is 9.53 Å². The number of nitrogens with one attached hydrogen (secondary N) is 1. The Balaban J connectivity index is 2.29. The van der Waals surface area contributed by atoms with Crippen LogP contribution in [0.3, 0.4) is 0 Å². The second kappa shape index (κ2) is 7.24. The number of hydrogen-bond donors (Lipinski definition) is 1. The summed E-state index contributed by atoms with van der Waals surface area (Å²) >= 11 is 3.33. The molecule has 0 spiro atoms. The molecule has 0 atom stereocenters. The molecule has 1 rings (SSSR count). The molecule has 5 heteroatoms. The molecule has 0 aliphatic heterocycles. The first-order chi connectivity index (χ1) is 7.74. The van der Waals surface area contributed by atoms with Crippen LogP contribution in [0, 0.1) is 0 Å². The second-order valence-corrected chi connectivity index (χ2v) is 3.92. The highest BCUT2D eigenvalue weighted by Gasteiger charge is 2.03. The van der Waals surface area contributed by atoms with Gasteiger partial charge in [0, 0.05) is 13.7 Å². The topological polar surface area (TPSA) is 47.6 Å². The van der Waals surface area contributed by atoms with Crippen molar-refractivity contribution in [2.24, 2.45) is 0 Å².